The van der Waals surface area contributed by atoms with E-state index in [0.29, 0.717) is 28.4 Å². The smallest absolute Gasteiger partial charge is 0.214 e. The number of aryl methyl sites for hydroxylation is 1. The molecule has 1 atom stereocenters. The average molecular weight is 343 g/mol. The number of pyridine rings is 1. The summed E-state index contributed by atoms with van der Waals surface area (Å²) < 4.78 is 11.5. The van der Waals surface area contributed by atoms with Crippen LogP contribution in [0, 0.1) is 11.3 Å². The Morgan fingerprint density at radius 3 is 3.08 bits per heavy atom. The number of ether oxygens (including phenoxy) is 1. The number of hydrogen-bond acceptors (Lipinski definition) is 6. The number of H-pyrrole nitrogens is 1. The molecule has 1 N–H and O–H groups in total. The van der Waals surface area contributed by atoms with Crippen molar-refractivity contribution in [3.63, 3.8) is 0 Å². The largest absolute Gasteiger partial charge is 0.469 e. The lowest BCUT2D eigenvalue weighted by Gasteiger charge is -2.14. The molecule has 0 aliphatic heterocycles. The van der Waals surface area contributed by atoms with Crippen molar-refractivity contribution in [2.45, 2.75) is 18.9 Å². The van der Waals surface area contributed by atoms with Gasteiger partial charge in [-0.1, -0.05) is 6.07 Å². The zero-order valence-electron chi connectivity index (χ0n) is 13.6. The van der Waals surface area contributed by atoms with Crippen LogP contribution in [0.4, 0.5) is 0 Å². The van der Waals surface area contributed by atoms with Gasteiger partial charge in [-0.05, 0) is 42.2 Å². The molecule has 5 rings (SSSR count). The molecule has 7 heteroatoms. The molecule has 7 nitrogen and oxygen atoms in total. The minimum atomic E-state index is -0.0664. The minimum Gasteiger partial charge on any atom is -0.469 e. The monoisotopic (exact) mass is 343 g/mol. The highest BCUT2D eigenvalue weighted by Gasteiger charge is 2.25. The summed E-state index contributed by atoms with van der Waals surface area (Å²) in [5, 5.41) is 16.2. The number of rotatable bonds is 3. The number of benzene rings is 1. The fourth-order valence-corrected chi connectivity index (χ4v) is 3.37. The number of oxazole rings is 1. The number of hydrogen-bond donors (Lipinski definition) is 1. The van der Waals surface area contributed by atoms with Crippen molar-refractivity contribution in [1.82, 2.24) is 20.2 Å². The molecule has 126 valence electrons. The van der Waals surface area contributed by atoms with Crippen LogP contribution in [-0.4, -0.2) is 20.2 Å². The molecule has 1 aliphatic rings. The Balaban J connectivity index is 1.48. The quantitative estimate of drug-likeness (QED) is 0.610. The number of aromatic nitrogens is 4. The zero-order valence-corrected chi connectivity index (χ0v) is 13.6. The minimum absolute atomic E-state index is 0.0664. The van der Waals surface area contributed by atoms with E-state index >= 15 is 0 Å². The first-order chi connectivity index (χ1) is 12.8. The molecule has 3 aromatic heterocycles. The number of nitrogens with zero attached hydrogens (tertiary/aromatic N) is 4. The topological polar surface area (TPSA) is 101 Å². The molecule has 0 saturated heterocycles. The molecular weight excluding hydrogens is 330 g/mol. The van der Waals surface area contributed by atoms with E-state index in [4.69, 9.17) is 14.4 Å². The normalized spacial score (nSPS) is 15.7. The van der Waals surface area contributed by atoms with Crippen LogP contribution < -0.4 is 4.74 Å². The van der Waals surface area contributed by atoms with E-state index in [1.165, 1.54) is 12.0 Å². The summed E-state index contributed by atoms with van der Waals surface area (Å²) in [5.41, 5.74) is 5.05. The molecule has 0 amide bonds. The zero-order chi connectivity index (χ0) is 17.5. The highest BCUT2D eigenvalue weighted by atomic mass is 16.5. The van der Waals surface area contributed by atoms with Crippen LogP contribution >= 0.6 is 0 Å². The lowest BCUT2D eigenvalue weighted by molar-refractivity contribution is 0.199. The van der Waals surface area contributed by atoms with E-state index in [1.807, 2.05) is 30.3 Å². The molecular formula is C19H13N5O2. The maximum Gasteiger partial charge on any atom is 0.214 e. The summed E-state index contributed by atoms with van der Waals surface area (Å²) >= 11 is 0. The number of aromatic amines is 1. The fourth-order valence-electron chi connectivity index (χ4n) is 3.37. The van der Waals surface area contributed by atoms with Crippen LogP contribution in [0.25, 0.3) is 22.5 Å². The Kier molecular flexibility index (Phi) is 3.22. The second kappa shape index (κ2) is 5.70. The first kappa shape index (κ1) is 14.7. The van der Waals surface area contributed by atoms with Gasteiger partial charge in [0.25, 0.3) is 0 Å². The van der Waals surface area contributed by atoms with E-state index in [9.17, 15) is 0 Å². The molecule has 0 spiro atoms. The molecule has 0 fully saturated rings. The first-order valence-electron chi connectivity index (χ1n) is 8.25. The van der Waals surface area contributed by atoms with Crippen LogP contribution in [-0.2, 0) is 6.42 Å². The van der Waals surface area contributed by atoms with Crippen molar-refractivity contribution in [3.05, 3.63) is 59.6 Å². The van der Waals surface area contributed by atoms with Gasteiger partial charge in [0, 0.05) is 6.07 Å². The van der Waals surface area contributed by atoms with Gasteiger partial charge in [0.15, 0.2) is 17.8 Å². The van der Waals surface area contributed by atoms with Crippen molar-refractivity contribution in [2.24, 2.45) is 0 Å². The van der Waals surface area contributed by atoms with Crippen LogP contribution in [0.2, 0.25) is 0 Å². The van der Waals surface area contributed by atoms with Gasteiger partial charge in [-0.3, -0.25) is 5.10 Å². The third-order valence-electron chi connectivity index (χ3n) is 4.61. The first-order valence-corrected chi connectivity index (χ1v) is 8.25. The molecule has 1 aromatic carbocycles. The highest BCUT2D eigenvalue weighted by Crippen LogP contribution is 2.35. The predicted octanol–water partition coefficient (Wildman–Crippen LogP) is 3.55. The second-order valence-corrected chi connectivity index (χ2v) is 6.15. The van der Waals surface area contributed by atoms with Gasteiger partial charge in [0.2, 0.25) is 5.88 Å². The van der Waals surface area contributed by atoms with Gasteiger partial charge in [-0.2, -0.15) is 10.4 Å². The molecule has 4 aromatic rings. The second-order valence-electron chi connectivity index (χ2n) is 6.15. The Hall–Kier alpha value is -3.66. The lowest BCUT2D eigenvalue weighted by atomic mass is 10.1. The third-order valence-corrected chi connectivity index (χ3v) is 4.61. The van der Waals surface area contributed by atoms with Crippen molar-refractivity contribution < 1.29 is 9.15 Å². The summed E-state index contributed by atoms with van der Waals surface area (Å²) in [6.45, 7) is 0. The van der Waals surface area contributed by atoms with E-state index in [0.717, 1.165) is 23.9 Å². The van der Waals surface area contributed by atoms with Crippen LogP contribution in [0.3, 0.4) is 0 Å². The SMILES string of the molecule is N#Cc1ccc2c(c1)CCC2Oc1ccc2[nH]nc(-c3cnco3)c2n1. The van der Waals surface area contributed by atoms with E-state index in [1.54, 1.807) is 6.20 Å². The molecule has 0 saturated carbocycles. The third kappa shape index (κ3) is 2.31. The van der Waals surface area contributed by atoms with E-state index in [-0.39, 0.29) is 6.10 Å². The van der Waals surface area contributed by atoms with Gasteiger partial charge in [-0.15, -0.1) is 0 Å². The summed E-state index contributed by atoms with van der Waals surface area (Å²) in [6, 6.07) is 11.6. The summed E-state index contributed by atoms with van der Waals surface area (Å²) in [4.78, 5) is 8.53. The van der Waals surface area contributed by atoms with E-state index < -0.39 is 0 Å². The van der Waals surface area contributed by atoms with Crippen molar-refractivity contribution in [3.8, 4) is 23.4 Å². The molecule has 1 unspecified atom stereocenters. The predicted molar refractivity (Wildman–Crippen MR) is 92.2 cm³/mol. The number of nitrogens with one attached hydrogen (secondary N) is 1. The summed E-state index contributed by atoms with van der Waals surface area (Å²) in [7, 11) is 0. The summed E-state index contributed by atoms with van der Waals surface area (Å²) in [5.74, 6) is 1.08. The van der Waals surface area contributed by atoms with Crippen LogP contribution in [0.1, 0.15) is 29.2 Å². The van der Waals surface area contributed by atoms with Gasteiger partial charge in [-0.25, -0.2) is 9.97 Å². The van der Waals surface area contributed by atoms with Crippen molar-refractivity contribution in [2.75, 3.05) is 0 Å². The maximum absolute atomic E-state index is 9.04. The molecule has 0 bridgehead atoms. The Morgan fingerprint density at radius 2 is 2.23 bits per heavy atom. The maximum atomic E-state index is 9.04. The van der Waals surface area contributed by atoms with Crippen LogP contribution in [0.5, 0.6) is 5.88 Å². The van der Waals surface area contributed by atoms with Gasteiger partial charge in [0.1, 0.15) is 11.6 Å². The molecule has 0 radical (unpaired) electrons. The Bertz CT molecular complexity index is 1140. The number of nitriles is 1. The van der Waals surface area contributed by atoms with Crippen molar-refractivity contribution in [1.29, 1.82) is 5.26 Å². The molecule has 1 aliphatic carbocycles. The number of fused-ring (bicyclic) bond motifs is 2. The van der Waals surface area contributed by atoms with Gasteiger partial charge in [0.05, 0.1) is 23.3 Å². The molecule has 26 heavy (non-hydrogen) atoms. The van der Waals surface area contributed by atoms with Crippen LogP contribution in [0.15, 0.2) is 47.3 Å². The Morgan fingerprint density at radius 1 is 1.27 bits per heavy atom. The lowest BCUT2D eigenvalue weighted by Crippen LogP contribution is -2.04. The summed E-state index contributed by atoms with van der Waals surface area (Å²) in [6.07, 6.45) is 4.66. The standard InChI is InChI=1S/C19H13N5O2/c20-8-11-1-3-13-12(7-11)2-5-15(13)26-17-6-4-14-18(22-17)19(24-23-14)16-9-21-10-25-16/h1,3-4,6-7,9-10,15H,2,5H2,(H,23,24). The Labute approximate surface area is 148 Å². The molecule has 3 heterocycles. The average Bonchev–Trinajstić information content (AvgIpc) is 3.40. The van der Waals surface area contributed by atoms with Gasteiger partial charge >= 0.3 is 0 Å². The van der Waals surface area contributed by atoms with Crippen molar-refractivity contribution >= 4 is 11.0 Å². The van der Waals surface area contributed by atoms with Gasteiger partial charge < -0.3 is 9.15 Å². The van der Waals surface area contributed by atoms with E-state index in [2.05, 4.69) is 26.2 Å². The fraction of sp³-hybridized carbons (Fsp3) is 0.158. The highest BCUT2D eigenvalue weighted by molar-refractivity contribution is 5.88.